The van der Waals surface area contributed by atoms with Gasteiger partial charge >= 0.3 is 0 Å². The van der Waals surface area contributed by atoms with E-state index in [9.17, 15) is 4.79 Å². The third kappa shape index (κ3) is 2.34. The van der Waals surface area contributed by atoms with Gasteiger partial charge in [-0.15, -0.1) is 0 Å². The summed E-state index contributed by atoms with van der Waals surface area (Å²) in [6, 6.07) is 9.57. The fourth-order valence-electron chi connectivity index (χ4n) is 1.87. The van der Waals surface area contributed by atoms with Crippen molar-refractivity contribution in [3.63, 3.8) is 0 Å². The number of rotatable bonds is 2. The molecule has 1 saturated heterocycles. The molecule has 2 rings (SSSR count). The fraction of sp³-hybridized carbons (Fsp3) is 0.333. The summed E-state index contributed by atoms with van der Waals surface area (Å²) in [5.41, 5.74) is 0.999. The van der Waals surface area contributed by atoms with Gasteiger partial charge in [-0.2, -0.15) is 5.26 Å². The first-order valence-electron chi connectivity index (χ1n) is 5.11. The van der Waals surface area contributed by atoms with Gasteiger partial charge in [0.2, 0.25) is 5.91 Å². The molecule has 3 nitrogen and oxygen atoms in total. The summed E-state index contributed by atoms with van der Waals surface area (Å²) in [6.07, 6.45) is 0.344. The Balaban J connectivity index is 2.06. The van der Waals surface area contributed by atoms with Crippen molar-refractivity contribution < 1.29 is 4.79 Å². The van der Waals surface area contributed by atoms with Crippen LogP contribution in [-0.2, 0) is 11.3 Å². The first-order valence-corrected chi connectivity index (χ1v) is 5.48. The Morgan fingerprint density at radius 2 is 2.38 bits per heavy atom. The van der Waals surface area contributed by atoms with Crippen molar-refractivity contribution in [3.05, 3.63) is 34.9 Å². The molecule has 0 aromatic heterocycles. The molecule has 1 aromatic carbocycles. The van der Waals surface area contributed by atoms with Crippen LogP contribution in [0.15, 0.2) is 24.3 Å². The van der Waals surface area contributed by atoms with Gasteiger partial charge in [0, 0.05) is 24.5 Å². The van der Waals surface area contributed by atoms with E-state index in [1.54, 1.807) is 11.0 Å². The highest BCUT2D eigenvalue weighted by Crippen LogP contribution is 2.20. The Labute approximate surface area is 99.2 Å². The third-order valence-corrected chi connectivity index (χ3v) is 2.89. The molecule has 1 heterocycles. The van der Waals surface area contributed by atoms with Crippen LogP contribution in [0.4, 0.5) is 0 Å². The van der Waals surface area contributed by atoms with Crippen LogP contribution < -0.4 is 0 Å². The molecule has 1 amide bonds. The van der Waals surface area contributed by atoms with Crippen LogP contribution >= 0.6 is 11.6 Å². The lowest BCUT2D eigenvalue weighted by molar-refractivity contribution is -0.128. The number of likely N-dealkylation sites (tertiary alicyclic amines) is 1. The van der Waals surface area contributed by atoms with E-state index < -0.39 is 0 Å². The maximum absolute atomic E-state index is 11.6. The van der Waals surface area contributed by atoms with E-state index in [2.05, 4.69) is 6.07 Å². The summed E-state index contributed by atoms with van der Waals surface area (Å²) >= 11 is 5.87. The topological polar surface area (TPSA) is 44.1 Å². The Bertz CT molecular complexity index is 453. The maximum Gasteiger partial charge on any atom is 0.224 e. The van der Waals surface area contributed by atoms with E-state index in [1.807, 2.05) is 18.2 Å². The van der Waals surface area contributed by atoms with E-state index in [1.165, 1.54) is 0 Å². The molecule has 0 saturated carbocycles. The van der Waals surface area contributed by atoms with Crippen LogP contribution in [0, 0.1) is 17.2 Å². The van der Waals surface area contributed by atoms with Crippen LogP contribution in [-0.4, -0.2) is 17.4 Å². The van der Waals surface area contributed by atoms with Crippen LogP contribution in [0.3, 0.4) is 0 Å². The molecule has 1 atom stereocenters. The zero-order valence-corrected chi connectivity index (χ0v) is 9.44. The number of hydrogen-bond acceptors (Lipinski definition) is 2. The SMILES string of the molecule is N#CC1CC(=O)N(Cc2cccc(Cl)c2)C1. The van der Waals surface area contributed by atoms with Gasteiger partial charge in [0.15, 0.2) is 0 Å². The number of hydrogen-bond donors (Lipinski definition) is 0. The van der Waals surface area contributed by atoms with E-state index >= 15 is 0 Å². The van der Waals surface area contributed by atoms with Crippen molar-refractivity contribution >= 4 is 17.5 Å². The number of nitrogens with zero attached hydrogens (tertiary/aromatic N) is 2. The second-order valence-corrected chi connectivity index (χ2v) is 4.37. The van der Waals surface area contributed by atoms with Gasteiger partial charge in [0.1, 0.15) is 0 Å². The number of carbonyl (C=O) groups is 1. The summed E-state index contributed by atoms with van der Waals surface area (Å²) in [7, 11) is 0. The van der Waals surface area contributed by atoms with E-state index in [4.69, 9.17) is 16.9 Å². The summed E-state index contributed by atoms with van der Waals surface area (Å²) in [4.78, 5) is 13.3. The lowest BCUT2D eigenvalue weighted by Crippen LogP contribution is -2.24. The minimum Gasteiger partial charge on any atom is -0.337 e. The minimum atomic E-state index is -0.160. The Morgan fingerprint density at radius 3 is 3.00 bits per heavy atom. The molecule has 0 aliphatic carbocycles. The zero-order valence-electron chi connectivity index (χ0n) is 8.69. The fourth-order valence-corrected chi connectivity index (χ4v) is 2.08. The van der Waals surface area contributed by atoms with Crippen molar-refractivity contribution in [2.45, 2.75) is 13.0 Å². The number of benzene rings is 1. The lowest BCUT2D eigenvalue weighted by Gasteiger charge is -2.15. The largest absolute Gasteiger partial charge is 0.337 e. The second-order valence-electron chi connectivity index (χ2n) is 3.93. The molecule has 82 valence electrons. The quantitative estimate of drug-likeness (QED) is 0.788. The summed E-state index contributed by atoms with van der Waals surface area (Å²) < 4.78 is 0. The smallest absolute Gasteiger partial charge is 0.224 e. The van der Waals surface area contributed by atoms with Gasteiger partial charge < -0.3 is 4.90 Å². The maximum atomic E-state index is 11.6. The molecular formula is C12H11ClN2O. The van der Waals surface area contributed by atoms with Gasteiger partial charge in [0.25, 0.3) is 0 Å². The predicted octanol–water partition coefficient (Wildman–Crippen LogP) is 2.21. The Kier molecular flexibility index (Phi) is 3.12. The van der Waals surface area contributed by atoms with Crippen molar-refractivity contribution in [1.82, 2.24) is 4.90 Å². The van der Waals surface area contributed by atoms with Crippen LogP contribution in [0.1, 0.15) is 12.0 Å². The standard InChI is InChI=1S/C12H11ClN2O/c13-11-3-1-2-9(4-11)7-15-8-10(6-14)5-12(15)16/h1-4,10H,5,7-8H2. The molecule has 0 bridgehead atoms. The minimum absolute atomic E-state index is 0.0477. The molecule has 1 aromatic rings. The Hall–Kier alpha value is -1.53. The molecule has 1 aliphatic heterocycles. The molecular weight excluding hydrogens is 224 g/mol. The highest BCUT2D eigenvalue weighted by molar-refractivity contribution is 6.30. The monoisotopic (exact) mass is 234 g/mol. The molecule has 1 aliphatic rings. The average Bonchev–Trinajstić information content (AvgIpc) is 2.60. The molecule has 0 N–H and O–H groups in total. The van der Waals surface area contributed by atoms with Crippen LogP contribution in [0.5, 0.6) is 0 Å². The molecule has 1 fully saturated rings. The number of halogens is 1. The first kappa shape index (κ1) is 11.0. The summed E-state index contributed by atoms with van der Waals surface area (Å²) in [5, 5.41) is 9.43. The van der Waals surface area contributed by atoms with E-state index in [0.29, 0.717) is 24.5 Å². The van der Waals surface area contributed by atoms with Gasteiger partial charge in [0.05, 0.1) is 12.0 Å². The summed E-state index contributed by atoms with van der Waals surface area (Å²) in [5.74, 6) is -0.113. The van der Waals surface area contributed by atoms with Crippen molar-refractivity contribution in [2.24, 2.45) is 5.92 Å². The highest BCUT2D eigenvalue weighted by atomic mass is 35.5. The molecule has 4 heteroatoms. The van der Waals surface area contributed by atoms with Crippen LogP contribution in [0.25, 0.3) is 0 Å². The third-order valence-electron chi connectivity index (χ3n) is 2.66. The highest BCUT2D eigenvalue weighted by Gasteiger charge is 2.29. The normalized spacial score (nSPS) is 19.9. The van der Waals surface area contributed by atoms with Crippen molar-refractivity contribution in [2.75, 3.05) is 6.54 Å². The molecule has 0 radical (unpaired) electrons. The lowest BCUT2D eigenvalue weighted by atomic mass is 10.1. The molecule has 1 unspecified atom stereocenters. The Morgan fingerprint density at radius 1 is 1.56 bits per heavy atom. The van der Waals surface area contributed by atoms with Gasteiger partial charge in [-0.05, 0) is 17.7 Å². The predicted molar refractivity (Wildman–Crippen MR) is 60.6 cm³/mol. The van der Waals surface area contributed by atoms with Crippen molar-refractivity contribution in [3.8, 4) is 6.07 Å². The van der Waals surface area contributed by atoms with Gasteiger partial charge in [-0.3, -0.25) is 4.79 Å². The molecule has 0 spiro atoms. The average molecular weight is 235 g/mol. The number of nitriles is 1. The molecule has 16 heavy (non-hydrogen) atoms. The summed E-state index contributed by atoms with van der Waals surface area (Å²) in [6.45, 7) is 1.07. The van der Waals surface area contributed by atoms with Crippen molar-refractivity contribution in [1.29, 1.82) is 5.26 Å². The van der Waals surface area contributed by atoms with Gasteiger partial charge in [-0.1, -0.05) is 23.7 Å². The van der Waals surface area contributed by atoms with Gasteiger partial charge in [-0.25, -0.2) is 0 Å². The van der Waals surface area contributed by atoms with E-state index in [-0.39, 0.29) is 11.8 Å². The second kappa shape index (κ2) is 4.54. The number of amides is 1. The zero-order chi connectivity index (χ0) is 11.5. The van der Waals surface area contributed by atoms with E-state index in [0.717, 1.165) is 5.56 Å². The number of carbonyl (C=O) groups excluding carboxylic acids is 1. The van der Waals surface area contributed by atoms with Crippen LogP contribution in [0.2, 0.25) is 5.02 Å². The first-order chi connectivity index (χ1) is 7.69.